The maximum atomic E-state index is 14.5. The van der Waals surface area contributed by atoms with Gasteiger partial charge < -0.3 is 15.4 Å². The average molecular weight is 485 g/mol. The first-order valence-corrected chi connectivity index (χ1v) is 12.3. The normalized spacial score (nSPS) is 20.1. The number of nitrogen functional groups attached to an aromatic ring is 1. The van der Waals surface area contributed by atoms with Crippen LogP contribution in [0.25, 0.3) is 22.5 Å². The molecule has 4 heterocycles. The van der Waals surface area contributed by atoms with Crippen molar-refractivity contribution in [2.75, 3.05) is 19.8 Å². The Labute approximate surface area is 209 Å². The van der Waals surface area contributed by atoms with Crippen molar-refractivity contribution < 1.29 is 9.13 Å². The quantitative estimate of drug-likeness (QED) is 0.414. The Kier molecular flexibility index (Phi) is 5.30. The molecular formula is C28H29FN6O. The molecule has 184 valence electrons. The molecule has 6 rings (SSSR count). The number of rotatable bonds is 2. The van der Waals surface area contributed by atoms with Gasteiger partial charge in [-0.25, -0.2) is 9.37 Å². The summed E-state index contributed by atoms with van der Waals surface area (Å²) in [7, 11) is 4.19. The standard InChI is InChI=1S/C28H29FN6O/c1-5-35-27-16-11-23(28(30)32-14-16)36-15(2)20-12-17(29)8-9-19(20)25-18(7-6-10-31-25)21-13-22(34(3)4)26(33-35)24(21)27/h6-12,14-15,21-22H,5,13H2,1-4H3,(H2,30,32)/t15-,21?,22?/m1/s1. The van der Waals surface area contributed by atoms with E-state index in [2.05, 4.69) is 41.7 Å². The molecule has 7 nitrogen and oxygen atoms in total. The van der Waals surface area contributed by atoms with E-state index in [1.54, 1.807) is 18.5 Å². The molecule has 0 amide bonds. The molecule has 3 atom stereocenters. The molecule has 3 aromatic heterocycles. The Morgan fingerprint density at radius 3 is 2.78 bits per heavy atom. The molecule has 1 aromatic carbocycles. The van der Waals surface area contributed by atoms with Crippen LogP contribution in [0, 0.1) is 5.82 Å². The van der Waals surface area contributed by atoms with E-state index in [9.17, 15) is 4.39 Å². The molecule has 8 heteroatoms. The summed E-state index contributed by atoms with van der Waals surface area (Å²) in [6.07, 6.45) is 3.98. The molecule has 2 bridgehead atoms. The van der Waals surface area contributed by atoms with E-state index in [4.69, 9.17) is 20.6 Å². The average Bonchev–Trinajstić information content (AvgIpc) is 3.42. The number of benzene rings is 1. The molecule has 0 fully saturated rings. The van der Waals surface area contributed by atoms with Crippen molar-refractivity contribution in [1.82, 2.24) is 24.6 Å². The predicted molar refractivity (Wildman–Crippen MR) is 137 cm³/mol. The Bertz CT molecular complexity index is 1480. The molecule has 2 N–H and O–H groups in total. The molecule has 0 saturated carbocycles. The summed E-state index contributed by atoms with van der Waals surface area (Å²) in [6, 6.07) is 11.0. The minimum atomic E-state index is -0.478. The zero-order chi connectivity index (χ0) is 25.1. The maximum absolute atomic E-state index is 14.5. The molecule has 0 radical (unpaired) electrons. The minimum absolute atomic E-state index is 0.0564. The number of aromatic nitrogens is 4. The fraction of sp³-hybridized carbons (Fsp3) is 0.321. The number of aryl methyl sites for hydroxylation is 1. The van der Waals surface area contributed by atoms with Gasteiger partial charge in [-0.05, 0) is 70.3 Å². The monoisotopic (exact) mass is 484 g/mol. The highest BCUT2D eigenvalue weighted by molar-refractivity contribution is 5.75. The van der Waals surface area contributed by atoms with Gasteiger partial charge in [-0.2, -0.15) is 5.10 Å². The highest BCUT2D eigenvalue weighted by Crippen LogP contribution is 2.52. The zero-order valence-corrected chi connectivity index (χ0v) is 20.9. The second kappa shape index (κ2) is 8.41. The second-order valence-corrected chi connectivity index (χ2v) is 9.77. The molecule has 4 aromatic rings. The van der Waals surface area contributed by atoms with Crippen molar-refractivity contribution in [2.45, 2.75) is 44.9 Å². The minimum Gasteiger partial charge on any atom is -0.482 e. The summed E-state index contributed by atoms with van der Waals surface area (Å²) < 4.78 is 22.9. The molecule has 2 aliphatic rings. The largest absolute Gasteiger partial charge is 0.482 e. The van der Waals surface area contributed by atoms with Gasteiger partial charge in [0.2, 0.25) is 0 Å². The fourth-order valence-corrected chi connectivity index (χ4v) is 5.75. The van der Waals surface area contributed by atoms with Crippen molar-refractivity contribution in [3.8, 4) is 28.3 Å². The lowest BCUT2D eigenvalue weighted by Gasteiger charge is -2.25. The van der Waals surface area contributed by atoms with Gasteiger partial charge in [0.25, 0.3) is 0 Å². The number of fused-ring (bicyclic) bond motifs is 7. The molecule has 2 unspecified atom stereocenters. The van der Waals surface area contributed by atoms with Crippen LogP contribution in [0.4, 0.5) is 10.2 Å². The van der Waals surface area contributed by atoms with E-state index in [1.165, 1.54) is 17.7 Å². The van der Waals surface area contributed by atoms with E-state index >= 15 is 0 Å². The fourth-order valence-electron chi connectivity index (χ4n) is 5.75. The highest BCUT2D eigenvalue weighted by atomic mass is 19.1. The number of pyridine rings is 2. The van der Waals surface area contributed by atoms with Crippen molar-refractivity contribution in [3.63, 3.8) is 0 Å². The van der Waals surface area contributed by atoms with Gasteiger partial charge in [0.1, 0.15) is 11.9 Å². The summed E-state index contributed by atoms with van der Waals surface area (Å²) >= 11 is 0. The Balaban J connectivity index is 1.72. The second-order valence-electron chi connectivity index (χ2n) is 9.77. The van der Waals surface area contributed by atoms with Crippen LogP contribution in [-0.4, -0.2) is 38.7 Å². The molecule has 36 heavy (non-hydrogen) atoms. The number of nitrogens with two attached hydrogens (primary N) is 1. The molecule has 0 spiro atoms. The van der Waals surface area contributed by atoms with Gasteiger partial charge in [-0.1, -0.05) is 6.07 Å². The molecule has 1 aliphatic carbocycles. The van der Waals surface area contributed by atoms with Crippen LogP contribution in [0.15, 0.2) is 48.8 Å². The van der Waals surface area contributed by atoms with Gasteiger partial charge in [-0.3, -0.25) is 9.67 Å². The van der Waals surface area contributed by atoms with Crippen LogP contribution in [0.1, 0.15) is 60.7 Å². The van der Waals surface area contributed by atoms with Crippen LogP contribution in [-0.2, 0) is 6.54 Å². The van der Waals surface area contributed by atoms with E-state index in [0.717, 1.165) is 40.2 Å². The van der Waals surface area contributed by atoms with Crippen molar-refractivity contribution >= 4 is 5.82 Å². The smallest absolute Gasteiger partial charge is 0.166 e. The summed E-state index contributed by atoms with van der Waals surface area (Å²) in [5.74, 6) is 0.492. The van der Waals surface area contributed by atoms with Gasteiger partial charge in [0.05, 0.1) is 23.1 Å². The molecular weight excluding hydrogens is 455 g/mol. The Morgan fingerprint density at radius 1 is 1.17 bits per heavy atom. The summed E-state index contributed by atoms with van der Waals surface area (Å²) in [5.41, 5.74) is 13.9. The lowest BCUT2D eigenvalue weighted by Crippen LogP contribution is -2.19. The first-order chi connectivity index (χ1) is 17.4. The Morgan fingerprint density at radius 2 is 2.00 bits per heavy atom. The zero-order valence-electron chi connectivity index (χ0n) is 20.9. The lowest BCUT2D eigenvalue weighted by atomic mass is 9.86. The van der Waals surface area contributed by atoms with Crippen LogP contribution in [0.2, 0.25) is 0 Å². The van der Waals surface area contributed by atoms with E-state index in [0.29, 0.717) is 23.7 Å². The Hall–Kier alpha value is -3.78. The SMILES string of the molecule is CCn1nc2c3c1-c1cnc(N)c(c1)O[C@H](C)c1cc(F)ccc1-c1ncccc1C3CC2N(C)C. The topological polar surface area (TPSA) is 82.1 Å². The predicted octanol–water partition coefficient (Wildman–Crippen LogP) is 5.34. The number of nitrogens with zero attached hydrogens (tertiary/aromatic N) is 5. The molecule has 1 aliphatic heterocycles. The van der Waals surface area contributed by atoms with E-state index < -0.39 is 6.10 Å². The number of halogens is 1. The van der Waals surface area contributed by atoms with Crippen molar-refractivity contribution in [1.29, 1.82) is 0 Å². The highest BCUT2D eigenvalue weighted by Gasteiger charge is 2.41. The maximum Gasteiger partial charge on any atom is 0.166 e. The number of hydrogen-bond donors (Lipinski definition) is 1. The van der Waals surface area contributed by atoms with Crippen LogP contribution < -0.4 is 10.5 Å². The van der Waals surface area contributed by atoms with Crippen LogP contribution >= 0.6 is 0 Å². The third-order valence-electron chi connectivity index (χ3n) is 7.44. The van der Waals surface area contributed by atoms with Gasteiger partial charge in [-0.15, -0.1) is 0 Å². The number of ether oxygens (including phenoxy) is 1. The molecule has 0 saturated heterocycles. The van der Waals surface area contributed by atoms with E-state index in [-0.39, 0.29) is 17.8 Å². The summed E-state index contributed by atoms with van der Waals surface area (Å²) in [5, 5.41) is 5.09. The summed E-state index contributed by atoms with van der Waals surface area (Å²) in [4.78, 5) is 11.5. The number of hydrogen-bond acceptors (Lipinski definition) is 6. The van der Waals surface area contributed by atoms with Crippen LogP contribution in [0.3, 0.4) is 0 Å². The van der Waals surface area contributed by atoms with Gasteiger partial charge in [0, 0.05) is 47.1 Å². The van der Waals surface area contributed by atoms with Crippen molar-refractivity contribution in [2.24, 2.45) is 0 Å². The number of anilines is 1. The van der Waals surface area contributed by atoms with Gasteiger partial charge in [0.15, 0.2) is 11.6 Å². The third kappa shape index (κ3) is 3.39. The van der Waals surface area contributed by atoms with Crippen molar-refractivity contribution in [3.05, 3.63) is 77.0 Å². The first kappa shape index (κ1) is 22.7. The summed E-state index contributed by atoms with van der Waals surface area (Å²) in [6.45, 7) is 4.71. The van der Waals surface area contributed by atoms with Gasteiger partial charge >= 0.3 is 0 Å². The van der Waals surface area contributed by atoms with Crippen LogP contribution in [0.5, 0.6) is 5.75 Å². The third-order valence-corrected chi connectivity index (χ3v) is 7.44. The van der Waals surface area contributed by atoms with E-state index in [1.807, 2.05) is 19.1 Å². The lowest BCUT2D eigenvalue weighted by molar-refractivity contribution is 0.227. The first-order valence-electron chi connectivity index (χ1n) is 12.3.